The highest BCUT2D eigenvalue weighted by Crippen LogP contribution is 2.28. The average Bonchev–Trinajstić information content (AvgIpc) is 3.24. The zero-order valence-corrected chi connectivity index (χ0v) is 18.9. The molecule has 1 N–H and O–H groups in total. The number of carbonyl (C=O) groups is 1. The van der Waals surface area contributed by atoms with E-state index in [2.05, 4.69) is 43.1 Å². The van der Waals surface area contributed by atoms with Gasteiger partial charge in [-0.3, -0.25) is 4.79 Å². The van der Waals surface area contributed by atoms with E-state index in [-0.39, 0.29) is 11.3 Å². The summed E-state index contributed by atoms with van der Waals surface area (Å²) in [4.78, 5) is 16.8. The summed E-state index contributed by atoms with van der Waals surface area (Å²) >= 11 is 0. The van der Waals surface area contributed by atoms with Crippen molar-refractivity contribution in [2.75, 3.05) is 5.32 Å². The average molecular weight is 423 g/mol. The van der Waals surface area contributed by atoms with Crippen molar-refractivity contribution >= 4 is 17.3 Å². The molecule has 0 saturated carbocycles. The first-order valence-corrected chi connectivity index (χ1v) is 10.8. The Morgan fingerprint density at radius 1 is 1.16 bits per heavy atom. The van der Waals surface area contributed by atoms with Crippen LogP contribution in [0.4, 0.5) is 15.9 Å². The Bertz CT molecular complexity index is 1030. The summed E-state index contributed by atoms with van der Waals surface area (Å²) in [5.74, 6) is 0.990. The molecule has 164 valence electrons. The van der Waals surface area contributed by atoms with Crippen LogP contribution in [-0.4, -0.2) is 20.5 Å². The van der Waals surface area contributed by atoms with Gasteiger partial charge in [0.25, 0.3) is 0 Å². The number of pyridine rings is 1. The Morgan fingerprint density at radius 2 is 1.94 bits per heavy atom. The number of anilines is 2. The number of rotatable bonds is 9. The van der Waals surface area contributed by atoms with E-state index in [0.29, 0.717) is 35.7 Å². The molecule has 31 heavy (non-hydrogen) atoms. The quantitative estimate of drug-likeness (QED) is 0.416. The zero-order valence-electron chi connectivity index (χ0n) is 18.9. The fourth-order valence-electron chi connectivity index (χ4n) is 3.76. The standard InChI is InChI=1S/C25H31FN4O/c1-16(2)12-19(17(3)4)13-24-23(26)15-22(18(5)31)25(29-24)28-20-8-6-9-21(14-20)30-11-7-10-27-30/h6-11,14-17,19H,12-13H2,1-5H3,(H,28,29)/t19-/m0/s1. The van der Waals surface area contributed by atoms with Crippen molar-refractivity contribution in [3.05, 3.63) is 65.9 Å². The highest BCUT2D eigenvalue weighted by Gasteiger charge is 2.21. The highest BCUT2D eigenvalue weighted by atomic mass is 19.1. The van der Waals surface area contributed by atoms with E-state index in [1.807, 2.05) is 36.5 Å². The number of Topliss-reactive ketones (excluding diaryl/α,β-unsaturated/α-hetero) is 1. The van der Waals surface area contributed by atoms with E-state index in [1.54, 1.807) is 10.9 Å². The summed E-state index contributed by atoms with van der Waals surface area (Å²) < 4.78 is 16.6. The van der Waals surface area contributed by atoms with Gasteiger partial charge in [-0.1, -0.05) is 33.8 Å². The van der Waals surface area contributed by atoms with Gasteiger partial charge >= 0.3 is 0 Å². The second-order valence-corrected chi connectivity index (χ2v) is 8.83. The van der Waals surface area contributed by atoms with Gasteiger partial charge in [0.05, 0.1) is 16.9 Å². The minimum Gasteiger partial charge on any atom is -0.340 e. The third kappa shape index (κ3) is 5.78. The summed E-state index contributed by atoms with van der Waals surface area (Å²) in [5.41, 5.74) is 2.27. The van der Waals surface area contributed by atoms with E-state index in [4.69, 9.17) is 0 Å². The SMILES string of the molecule is CC(=O)c1cc(F)c(C[C@H](CC(C)C)C(C)C)nc1Nc1cccc(-n2cccn2)c1. The first-order valence-electron chi connectivity index (χ1n) is 10.8. The molecule has 0 fully saturated rings. The molecular weight excluding hydrogens is 391 g/mol. The minimum atomic E-state index is -0.421. The number of hydrogen-bond acceptors (Lipinski definition) is 4. The molecule has 0 spiro atoms. The molecule has 0 aliphatic carbocycles. The number of nitrogens with zero attached hydrogens (tertiary/aromatic N) is 3. The molecule has 3 aromatic rings. The Balaban J connectivity index is 1.94. The van der Waals surface area contributed by atoms with Gasteiger partial charge in [0, 0.05) is 18.1 Å². The maximum atomic E-state index is 14.9. The van der Waals surface area contributed by atoms with E-state index < -0.39 is 5.82 Å². The van der Waals surface area contributed by atoms with E-state index in [0.717, 1.165) is 17.8 Å². The van der Waals surface area contributed by atoms with Crippen molar-refractivity contribution in [1.82, 2.24) is 14.8 Å². The Morgan fingerprint density at radius 3 is 2.55 bits per heavy atom. The van der Waals surface area contributed by atoms with E-state index in [9.17, 15) is 9.18 Å². The largest absolute Gasteiger partial charge is 0.340 e. The molecule has 0 aliphatic rings. The topological polar surface area (TPSA) is 59.8 Å². The molecule has 0 amide bonds. The second kappa shape index (κ2) is 9.86. The molecule has 0 saturated heterocycles. The third-order valence-corrected chi connectivity index (χ3v) is 5.48. The van der Waals surface area contributed by atoms with Crippen LogP contribution in [0.15, 0.2) is 48.8 Å². The summed E-state index contributed by atoms with van der Waals surface area (Å²) in [6.07, 6.45) is 5.11. The molecule has 0 bridgehead atoms. The van der Waals surface area contributed by atoms with Crippen LogP contribution in [0.3, 0.4) is 0 Å². The molecule has 6 heteroatoms. The lowest BCUT2D eigenvalue weighted by molar-refractivity contribution is 0.101. The number of ketones is 1. The number of halogens is 1. The Kier molecular flexibility index (Phi) is 7.21. The summed E-state index contributed by atoms with van der Waals surface area (Å²) in [7, 11) is 0. The Hall–Kier alpha value is -3.02. The molecule has 1 aromatic carbocycles. The minimum absolute atomic E-state index is 0.230. The van der Waals surface area contributed by atoms with Crippen LogP contribution in [-0.2, 0) is 6.42 Å². The number of aromatic nitrogens is 3. The van der Waals surface area contributed by atoms with Gasteiger partial charge in [-0.05, 0) is 67.9 Å². The molecule has 0 aliphatic heterocycles. The van der Waals surface area contributed by atoms with Crippen LogP contribution >= 0.6 is 0 Å². The summed E-state index contributed by atoms with van der Waals surface area (Å²) in [6, 6.07) is 10.8. The van der Waals surface area contributed by atoms with Crippen molar-refractivity contribution in [3.8, 4) is 5.69 Å². The maximum absolute atomic E-state index is 14.9. The molecule has 5 nitrogen and oxygen atoms in total. The van der Waals surface area contributed by atoms with E-state index in [1.165, 1.54) is 13.0 Å². The molecule has 3 rings (SSSR count). The molecule has 0 radical (unpaired) electrons. The Labute approximate surface area is 183 Å². The second-order valence-electron chi connectivity index (χ2n) is 8.83. The first kappa shape index (κ1) is 22.7. The van der Waals surface area contributed by atoms with Gasteiger partial charge in [0.1, 0.15) is 11.6 Å². The van der Waals surface area contributed by atoms with Crippen molar-refractivity contribution in [1.29, 1.82) is 0 Å². The van der Waals surface area contributed by atoms with Crippen LogP contribution < -0.4 is 5.32 Å². The lowest BCUT2D eigenvalue weighted by Gasteiger charge is -2.23. The van der Waals surface area contributed by atoms with Gasteiger partial charge < -0.3 is 5.32 Å². The predicted molar refractivity (Wildman–Crippen MR) is 123 cm³/mol. The van der Waals surface area contributed by atoms with Gasteiger partial charge in [0.2, 0.25) is 0 Å². The molecule has 2 aromatic heterocycles. The molecule has 1 atom stereocenters. The number of nitrogens with one attached hydrogen (secondary N) is 1. The van der Waals surface area contributed by atoms with Crippen molar-refractivity contribution in [2.24, 2.45) is 17.8 Å². The van der Waals surface area contributed by atoms with Crippen LogP contribution in [0.2, 0.25) is 0 Å². The van der Waals surface area contributed by atoms with Crippen LogP contribution in [0.25, 0.3) is 5.69 Å². The molecular formula is C25H31FN4O. The number of hydrogen-bond donors (Lipinski definition) is 1. The summed E-state index contributed by atoms with van der Waals surface area (Å²) in [6.45, 7) is 10.1. The summed E-state index contributed by atoms with van der Waals surface area (Å²) in [5, 5.41) is 7.48. The zero-order chi connectivity index (χ0) is 22.5. The van der Waals surface area contributed by atoms with Crippen molar-refractivity contribution in [3.63, 3.8) is 0 Å². The number of benzene rings is 1. The fraction of sp³-hybridized carbons (Fsp3) is 0.400. The maximum Gasteiger partial charge on any atom is 0.163 e. The van der Waals surface area contributed by atoms with Crippen LogP contribution in [0.5, 0.6) is 0 Å². The van der Waals surface area contributed by atoms with Crippen LogP contribution in [0, 0.1) is 23.6 Å². The third-order valence-electron chi connectivity index (χ3n) is 5.48. The fourth-order valence-corrected chi connectivity index (χ4v) is 3.76. The lowest BCUT2D eigenvalue weighted by Crippen LogP contribution is -2.17. The molecule has 2 heterocycles. The highest BCUT2D eigenvalue weighted by molar-refractivity contribution is 5.99. The first-order chi connectivity index (χ1) is 14.7. The van der Waals surface area contributed by atoms with Gasteiger partial charge in [-0.2, -0.15) is 5.10 Å². The molecule has 0 unspecified atom stereocenters. The van der Waals surface area contributed by atoms with Gasteiger partial charge in [0.15, 0.2) is 5.78 Å². The lowest BCUT2D eigenvalue weighted by atomic mass is 9.84. The van der Waals surface area contributed by atoms with Gasteiger partial charge in [-0.15, -0.1) is 0 Å². The normalized spacial score (nSPS) is 12.4. The smallest absolute Gasteiger partial charge is 0.163 e. The van der Waals surface area contributed by atoms with Gasteiger partial charge in [-0.25, -0.2) is 14.1 Å². The van der Waals surface area contributed by atoms with Crippen LogP contribution in [0.1, 0.15) is 57.1 Å². The van der Waals surface area contributed by atoms with Crippen molar-refractivity contribution < 1.29 is 9.18 Å². The monoisotopic (exact) mass is 422 g/mol. The number of carbonyl (C=O) groups excluding carboxylic acids is 1. The van der Waals surface area contributed by atoms with E-state index >= 15 is 0 Å². The predicted octanol–water partition coefficient (Wildman–Crippen LogP) is 6.21. The van der Waals surface area contributed by atoms with Crippen molar-refractivity contribution in [2.45, 2.75) is 47.5 Å².